The van der Waals surface area contributed by atoms with Gasteiger partial charge in [0.25, 0.3) is 5.88 Å². The van der Waals surface area contributed by atoms with Crippen molar-refractivity contribution in [1.82, 2.24) is 15.2 Å². The summed E-state index contributed by atoms with van der Waals surface area (Å²) in [7, 11) is 5.75. The summed E-state index contributed by atoms with van der Waals surface area (Å²) >= 11 is 0. The van der Waals surface area contributed by atoms with Crippen molar-refractivity contribution in [3.05, 3.63) is 27.9 Å². The Balaban J connectivity index is 3.13. The highest BCUT2D eigenvalue weighted by Crippen LogP contribution is 2.27. The highest BCUT2D eigenvalue weighted by atomic mass is 16.6. The predicted octanol–water partition coefficient (Wildman–Crippen LogP) is 1.60. The number of pyridine rings is 1. The fraction of sp³-hybridized carbons (Fsp3) is 0.615. The topological polar surface area (TPSA) is 80.5 Å². The molecule has 1 rings (SSSR count). The molecule has 1 aromatic heterocycles. The van der Waals surface area contributed by atoms with Crippen LogP contribution in [0.15, 0.2) is 12.1 Å². The monoisotopic (exact) mass is 282 g/mol. The summed E-state index contributed by atoms with van der Waals surface area (Å²) in [6, 6.07) is 3.09. The average Bonchev–Trinajstić information content (AvgIpc) is 2.34. The van der Waals surface area contributed by atoms with Crippen molar-refractivity contribution < 1.29 is 9.66 Å². The van der Waals surface area contributed by atoms with Crippen molar-refractivity contribution in [2.75, 3.05) is 27.7 Å². The van der Waals surface area contributed by atoms with Gasteiger partial charge in [-0.3, -0.25) is 10.1 Å². The van der Waals surface area contributed by atoms with Gasteiger partial charge < -0.3 is 15.0 Å². The first-order valence-corrected chi connectivity index (χ1v) is 6.49. The summed E-state index contributed by atoms with van der Waals surface area (Å²) in [5.74, 6) is 0.0708. The minimum absolute atomic E-state index is 0.0136. The number of nitrogens with zero attached hydrogens (tertiary/aromatic N) is 3. The molecule has 0 bridgehead atoms. The molecule has 1 heterocycles. The highest BCUT2D eigenvalue weighted by Gasteiger charge is 2.21. The molecule has 112 valence electrons. The zero-order valence-corrected chi connectivity index (χ0v) is 12.6. The number of nitro groups is 1. The van der Waals surface area contributed by atoms with Crippen molar-refractivity contribution in [3.63, 3.8) is 0 Å². The fourth-order valence-electron chi connectivity index (χ4n) is 1.79. The molecule has 0 saturated heterocycles. The molecule has 0 radical (unpaired) electrons. The van der Waals surface area contributed by atoms with E-state index in [1.54, 1.807) is 6.07 Å². The van der Waals surface area contributed by atoms with Gasteiger partial charge in [-0.25, -0.2) is 4.98 Å². The Kier molecular flexibility index (Phi) is 5.84. The molecule has 0 saturated carbocycles. The van der Waals surface area contributed by atoms with Crippen LogP contribution in [0.3, 0.4) is 0 Å². The minimum Gasteiger partial charge on any atom is -0.470 e. The third-order valence-corrected chi connectivity index (χ3v) is 2.66. The molecule has 0 aliphatic heterocycles. The molecule has 1 unspecified atom stereocenters. The molecule has 7 nitrogen and oxygen atoms in total. The summed E-state index contributed by atoms with van der Waals surface area (Å²) in [5, 5.41) is 14.1. The van der Waals surface area contributed by atoms with Gasteiger partial charge in [0.2, 0.25) is 0 Å². The van der Waals surface area contributed by atoms with Crippen molar-refractivity contribution >= 4 is 5.69 Å². The van der Waals surface area contributed by atoms with Crippen molar-refractivity contribution in [2.24, 2.45) is 0 Å². The van der Waals surface area contributed by atoms with Gasteiger partial charge in [-0.05, 0) is 41.1 Å². The Morgan fingerprint density at radius 1 is 1.45 bits per heavy atom. The largest absolute Gasteiger partial charge is 0.470 e. The number of likely N-dealkylation sites (N-methyl/N-ethyl adjacent to an activating group) is 2. The van der Waals surface area contributed by atoms with Crippen LogP contribution in [0.4, 0.5) is 5.69 Å². The van der Waals surface area contributed by atoms with E-state index in [0.29, 0.717) is 0 Å². The summed E-state index contributed by atoms with van der Waals surface area (Å²) in [4.78, 5) is 16.8. The standard InChI is InChI=1S/C13H22N4O3/c1-9(2)20-13-12(17(18)19)7-6-10(15-13)11(14-3)8-16(4)5/h6-7,9,11,14H,8H2,1-5H3. The van der Waals surface area contributed by atoms with Gasteiger partial charge in [-0.15, -0.1) is 0 Å². The van der Waals surface area contributed by atoms with Gasteiger partial charge in [-0.2, -0.15) is 0 Å². The number of hydrogen-bond acceptors (Lipinski definition) is 6. The number of rotatable bonds is 7. The summed E-state index contributed by atoms with van der Waals surface area (Å²) in [5.41, 5.74) is 0.615. The number of ether oxygens (including phenoxy) is 1. The molecule has 1 atom stereocenters. The van der Waals surface area contributed by atoms with Crippen LogP contribution in [-0.4, -0.2) is 48.6 Å². The molecule has 1 N–H and O–H groups in total. The van der Waals surface area contributed by atoms with E-state index in [0.717, 1.165) is 12.2 Å². The lowest BCUT2D eigenvalue weighted by molar-refractivity contribution is -0.386. The van der Waals surface area contributed by atoms with E-state index in [9.17, 15) is 10.1 Å². The second kappa shape index (κ2) is 7.16. The molecule has 0 aromatic carbocycles. The number of nitrogens with one attached hydrogen (secondary N) is 1. The van der Waals surface area contributed by atoms with E-state index in [-0.39, 0.29) is 23.7 Å². The van der Waals surface area contributed by atoms with Crippen LogP contribution in [0.1, 0.15) is 25.6 Å². The normalized spacial score (nSPS) is 12.8. The van der Waals surface area contributed by atoms with Crippen molar-refractivity contribution in [1.29, 1.82) is 0 Å². The minimum atomic E-state index is -0.477. The van der Waals surface area contributed by atoms with Gasteiger partial charge in [0.15, 0.2) is 0 Å². The Bertz CT molecular complexity index is 463. The Morgan fingerprint density at radius 2 is 2.10 bits per heavy atom. The molecular formula is C13H22N4O3. The Hall–Kier alpha value is -1.73. The number of aromatic nitrogens is 1. The highest BCUT2D eigenvalue weighted by molar-refractivity contribution is 5.42. The molecular weight excluding hydrogens is 260 g/mol. The molecule has 0 fully saturated rings. The van der Waals surface area contributed by atoms with Crippen LogP contribution >= 0.6 is 0 Å². The van der Waals surface area contributed by atoms with E-state index in [1.165, 1.54) is 6.07 Å². The zero-order valence-electron chi connectivity index (χ0n) is 12.6. The maximum atomic E-state index is 11.0. The lowest BCUT2D eigenvalue weighted by Gasteiger charge is -2.20. The number of hydrogen-bond donors (Lipinski definition) is 1. The van der Waals surface area contributed by atoms with Gasteiger partial charge in [0.1, 0.15) is 0 Å². The lowest BCUT2D eigenvalue weighted by Crippen LogP contribution is -2.29. The first kappa shape index (κ1) is 16.3. The van der Waals surface area contributed by atoms with Crippen LogP contribution < -0.4 is 10.1 Å². The first-order chi connectivity index (χ1) is 9.35. The van der Waals surface area contributed by atoms with Crippen LogP contribution in [-0.2, 0) is 0 Å². The smallest absolute Gasteiger partial charge is 0.330 e. The summed E-state index contributed by atoms with van der Waals surface area (Å²) in [6.45, 7) is 4.36. The second-order valence-electron chi connectivity index (χ2n) is 5.09. The molecule has 0 aliphatic carbocycles. The van der Waals surface area contributed by atoms with Crippen molar-refractivity contribution in [2.45, 2.75) is 26.0 Å². The van der Waals surface area contributed by atoms with E-state index in [2.05, 4.69) is 10.3 Å². The molecule has 7 heteroatoms. The van der Waals surface area contributed by atoms with E-state index in [4.69, 9.17) is 4.74 Å². The molecule has 1 aromatic rings. The third kappa shape index (κ3) is 4.43. The van der Waals surface area contributed by atoms with Gasteiger partial charge in [0, 0.05) is 12.6 Å². The van der Waals surface area contributed by atoms with E-state index in [1.807, 2.05) is 39.9 Å². The quantitative estimate of drug-likeness (QED) is 0.604. The molecule has 0 aliphatic rings. The van der Waals surface area contributed by atoms with Gasteiger partial charge >= 0.3 is 5.69 Å². The molecule has 0 amide bonds. The summed E-state index contributed by atoms with van der Waals surface area (Å²) < 4.78 is 5.45. The fourth-order valence-corrected chi connectivity index (χ4v) is 1.79. The molecule has 0 spiro atoms. The lowest BCUT2D eigenvalue weighted by atomic mass is 10.1. The zero-order chi connectivity index (χ0) is 15.3. The Morgan fingerprint density at radius 3 is 2.55 bits per heavy atom. The average molecular weight is 282 g/mol. The maximum absolute atomic E-state index is 11.0. The van der Waals surface area contributed by atoms with Crippen LogP contribution in [0, 0.1) is 10.1 Å². The maximum Gasteiger partial charge on any atom is 0.330 e. The van der Waals surface area contributed by atoms with Gasteiger partial charge in [0.05, 0.1) is 22.8 Å². The third-order valence-electron chi connectivity index (χ3n) is 2.66. The van der Waals surface area contributed by atoms with E-state index < -0.39 is 4.92 Å². The van der Waals surface area contributed by atoms with Crippen LogP contribution in [0.5, 0.6) is 5.88 Å². The Labute approximate surface area is 119 Å². The molecule has 20 heavy (non-hydrogen) atoms. The van der Waals surface area contributed by atoms with E-state index >= 15 is 0 Å². The van der Waals surface area contributed by atoms with Crippen molar-refractivity contribution in [3.8, 4) is 5.88 Å². The first-order valence-electron chi connectivity index (χ1n) is 6.49. The van der Waals surface area contributed by atoms with Crippen LogP contribution in [0.2, 0.25) is 0 Å². The van der Waals surface area contributed by atoms with Crippen LogP contribution in [0.25, 0.3) is 0 Å². The SMILES string of the molecule is CNC(CN(C)C)c1ccc([N+](=O)[O-])c(OC(C)C)n1. The predicted molar refractivity (Wildman–Crippen MR) is 77.0 cm³/mol. The second-order valence-corrected chi connectivity index (χ2v) is 5.09. The summed E-state index contributed by atoms with van der Waals surface area (Å²) in [6.07, 6.45) is -0.168. The van der Waals surface area contributed by atoms with Gasteiger partial charge in [-0.1, -0.05) is 0 Å².